The Bertz CT molecular complexity index is 1160. The van der Waals surface area contributed by atoms with Crippen molar-refractivity contribution in [1.82, 2.24) is 14.5 Å². The van der Waals surface area contributed by atoms with Crippen LogP contribution < -0.4 is 15.8 Å². The lowest BCUT2D eigenvalue weighted by Crippen LogP contribution is -2.49. The van der Waals surface area contributed by atoms with Crippen LogP contribution in [-0.4, -0.2) is 46.5 Å². The average molecular weight is 420 g/mol. The molecule has 31 heavy (non-hydrogen) atoms. The van der Waals surface area contributed by atoms with Gasteiger partial charge in [-0.2, -0.15) is 0 Å². The van der Waals surface area contributed by atoms with E-state index in [0.29, 0.717) is 37.5 Å². The summed E-state index contributed by atoms with van der Waals surface area (Å²) in [5.41, 5.74) is 3.74. The van der Waals surface area contributed by atoms with Crippen molar-refractivity contribution in [2.75, 3.05) is 36.4 Å². The summed E-state index contributed by atoms with van der Waals surface area (Å²) >= 11 is 0. The second-order valence-electron chi connectivity index (χ2n) is 8.25. The number of carbonyl (C=O) groups is 1. The van der Waals surface area contributed by atoms with Gasteiger partial charge in [-0.3, -0.25) is 14.2 Å². The number of fused-ring (bicyclic) bond motifs is 1. The highest BCUT2D eigenvalue weighted by Crippen LogP contribution is 2.27. The summed E-state index contributed by atoms with van der Waals surface area (Å²) in [6.07, 6.45) is 0. The monoisotopic (exact) mass is 419 g/mol. The van der Waals surface area contributed by atoms with Crippen LogP contribution in [0.5, 0.6) is 0 Å². The minimum absolute atomic E-state index is 0.0215. The minimum Gasteiger partial charge on any atom is -0.378 e. The number of benzene rings is 2. The standard InChI is InChI=1S/C24H29N5O2/c1-16-14-20(17(2)25-19-8-6-5-7-9-19)22-21(15-16)23(31)27(4)24(26-22)29-12-10-28(11-13-29)18(3)30/h5-9,14-15,17,25H,10-13H2,1-4H3/t17-/m1/s1. The van der Waals surface area contributed by atoms with E-state index in [1.54, 1.807) is 18.5 Å². The molecule has 1 aliphatic rings. The molecule has 0 saturated carbocycles. The first-order chi connectivity index (χ1) is 14.8. The summed E-state index contributed by atoms with van der Waals surface area (Å²) in [6.45, 7) is 8.27. The molecular weight excluding hydrogens is 390 g/mol. The number of nitrogens with zero attached hydrogens (tertiary/aromatic N) is 4. The Balaban J connectivity index is 1.76. The van der Waals surface area contributed by atoms with Crippen molar-refractivity contribution in [2.24, 2.45) is 7.05 Å². The molecule has 1 atom stereocenters. The maximum Gasteiger partial charge on any atom is 0.262 e. The van der Waals surface area contributed by atoms with Crippen molar-refractivity contribution in [1.29, 1.82) is 0 Å². The van der Waals surface area contributed by atoms with Crippen LogP contribution in [0.2, 0.25) is 0 Å². The van der Waals surface area contributed by atoms with Crippen LogP contribution in [0.25, 0.3) is 10.9 Å². The van der Waals surface area contributed by atoms with E-state index < -0.39 is 0 Å². The van der Waals surface area contributed by atoms with E-state index in [1.165, 1.54) is 0 Å². The van der Waals surface area contributed by atoms with Gasteiger partial charge in [-0.05, 0) is 37.6 Å². The number of para-hydroxylation sites is 1. The highest BCUT2D eigenvalue weighted by molar-refractivity contribution is 5.84. The van der Waals surface area contributed by atoms with E-state index in [-0.39, 0.29) is 17.5 Å². The molecule has 1 fully saturated rings. The highest BCUT2D eigenvalue weighted by atomic mass is 16.2. The summed E-state index contributed by atoms with van der Waals surface area (Å²) in [5, 5.41) is 4.15. The first-order valence-electron chi connectivity index (χ1n) is 10.7. The first-order valence-corrected chi connectivity index (χ1v) is 10.7. The Hall–Kier alpha value is -3.35. The third-order valence-corrected chi connectivity index (χ3v) is 5.96. The maximum absolute atomic E-state index is 13.3. The number of hydrogen-bond acceptors (Lipinski definition) is 5. The van der Waals surface area contributed by atoms with E-state index in [2.05, 4.69) is 23.2 Å². The zero-order chi connectivity index (χ0) is 22.1. The van der Waals surface area contributed by atoms with Crippen LogP contribution in [0.15, 0.2) is 47.3 Å². The fourth-order valence-corrected chi connectivity index (χ4v) is 4.24. The molecule has 1 aliphatic heterocycles. The summed E-state index contributed by atoms with van der Waals surface area (Å²) in [6, 6.07) is 14.0. The Morgan fingerprint density at radius 1 is 1.10 bits per heavy atom. The van der Waals surface area contributed by atoms with Gasteiger partial charge in [0.05, 0.1) is 16.9 Å². The van der Waals surface area contributed by atoms with Crippen molar-refractivity contribution in [3.63, 3.8) is 0 Å². The number of anilines is 2. The van der Waals surface area contributed by atoms with Crippen LogP contribution in [0.1, 0.15) is 31.0 Å². The molecule has 0 bridgehead atoms. The van der Waals surface area contributed by atoms with Crippen molar-refractivity contribution in [3.05, 3.63) is 63.9 Å². The molecule has 1 amide bonds. The van der Waals surface area contributed by atoms with E-state index in [0.717, 1.165) is 22.3 Å². The summed E-state index contributed by atoms with van der Waals surface area (Å²) < 4.78 is 1.63. The summed E-state index contributed by atoms with van der Waals surface area (Å²) in [7, 11) is 1.77. The molecule has 1 N–H and O–H groups in total. The average Bonchev–Trinajstić information content (AvgIpc) is 2.77. The third-order valence-electron chi connectivity index (χ3n) is 5.96. The highest BCUT2D eigenvalue weighted by Gasteiger charge is 2.23. The topological polar surface area (TPSA) is 70.5 Å². The molecular formula is C24H29N5O2. The fraction of sp³-hybridized carbons (Fsp3) is 0.375. The summed E-state index contributed by atoms with van der Waals surface area (Å²) in [5.74, 6) is 0.733. The number of carbonyl (C=O) groups excluding carboxylic acids is 1. The number of hydrogen-bond donors (Lipinski definition) is 1. The van der Waals surface area contributed by atoms with Crippen LogP contribution >= 0.6 is 0 Å². The maximum atomic E-state index is 13.3. The van der Waals surface area contributed by atoms with E-state index in [1.807, 2.05) is 48.2 Å². The molecule has 3 aromatic rings. The predicted molar refractivity (Wildman–Crippen MR) is 125 cm³/mol. The predicted octanol–water partition coefficient (Wildman–Crippen LogP) is 3.08. The Morgan fingerprint density at radius 3 is 2.42 bits per heavy atom. The zero-order valence-corrected chi connectivity index (χ0v) is 18.6. The lowest BCUT2D eigenvalue weighted by atomic mass is 10.0. The molecule has 1 aromatic heterocycles. The van der Waals surface area contributed by atoms with Crippen LogP contribution in [-0.2, 0) is 11.8 Å². The van der Waals surface area contributed by atoms with Crippen molar-refractivity contribution in [2.45, 2.75) is 26.8 Å². The van der Waals surface area contributed by atoms with Gasteiger partial charge in [0.2, 0.25) is 11.9 Å². The molecule has 2 heterocycles. The molecule has 162 valence electrons. The number of nitrogens with one attached hydrogen (secondary N) is 1. The number of piperazine rings is 1. The molecule has 1 saturated heterocycles. The van der Waals surface area contributed by atoms with Gasteiger partial charge in [0.25, 0.3) is 5.56 Å². The number of aryl methyl sites for hydroxylation is 1. The molecule has 0 aliphatic carbocycles. The quantitative estimate of drug-likeness (QED) is 0.704. The van der Waals surface area contributed by atoms with Gasteiger partial charge in [0.1, 0.15) is 0 Å². The second-order valence-corrected chi connectivity index (χ2v) is 8.25. The van der Waals surface area contributed by atoms with Crippen LogP contribution in [0, 0.1) is 6.92 Å². The van der Waals surface area contributed by atoms with Crippen molar-refractivity contribution in [3.8, 4) is 0 Å². The van der Waals surface area contributed by atoms with E-state index in [9.17, 15) is 9.59 Å². The Morgan fingerprint density at radius 2 is 1.77 bits per heavy atom. The van der Waals surface area contributed by atoms with Crippen LogP contribution in [0.3, 0.4) is 0 Å². The normalized spacial score (nSPS) is 15.2. The largest absolute Gasteiger partial charge is 0.378 e. The molecule has 4 rings (SSSR count). The van der Waals surface area contributed by atoms with Crippen molar-refractivity contribution >= 4 is 28.4 Å². The second kappa shape index (κ2) is 8.41. The molecule has 0 spiro atoms. The SMILES string of the molecule is CC(=O)N1CCN(c2nc3c([C@@H](C)Nc4ccccc4)cc(C)cc3c(=O)n2C)CC1. The number of amides is 1. The number of rotatable bonds is 4. The first kappa shape index (κ1) is 20.9. The van der Waals surface area contributed by atoms with Gasteiger partial charge in [-0.1, -0.05) is 24.3 Å². The molecule has 7 nitrogen and oxygen atoms in total. The number of aromatic nitrogens is 2. The van der Waals surface area contributed by atoms with Gasteiger partial charge in [-0.15, -0.1) is 0 Å². The fourth-order valence-electron chi connectivity index (χ4n) is 4.24. The van der Waals surface area contributed by atoms with Gasteiger partial charge < -0.3 is 15.1 Å². The van der Waals surface area contributed by atoms with Crippen LogP contribution in [0.4, 0.5) is 11.6 Å². The van der Waals surface area contributed by atoms with Gasteiger partial charge in [0.15, 0.2) is 0 Å². The third kappa shape index (κ3) is 4.13. The Kier molecular flexibility index (Phi) is 5.67. The smallest absolute Gasteiger partial charge is 0.262 e. The molecule has 0 radical (unpaired) electrons. The van der Waals surface area contributed by atoms with Gasteiger partial charge >= 0.3 is 0 Å². The van der Waals surface area contributed by atoms with E-state index in [4.69, 9.17) is 4.98 Å². The lowest BCUT2D eigenvalue weighted by molar-refractivity contribution is -0.129. The van der Waals surface area contributed by atoms with Gasteiger partial charge in [-0.25, -0.2) is 4.98 Å². The van der Waals surface area contributed by atoms with Gasteiger partial charge in [0, 0.05) is 51.4 Å². The lowest BCUT2D eigenvalue weighted by Gasteiger charge is -2.35. The molecule has 0 unspecified atom stereocenters. The zero-order valence-electron chi connectivity index (χ0n) is 18.6. The van der Waals surface area contributed by atoms with Crippen molar-refractivity contribution < 1.29 is 4.79 Å². The molecule has 7 heteroatoms. The molecule has 2 aromatic carbocycles. The minimum atomic E-state index is -0.0501. The Labute approximate surface area is 182 Å². The summed E-state index contributed by atoms with van der Waals surface area (Å²) in [4.78, 5) is 33.8. The van der Waals surface area contributed by atoms with E-state index >= 15 is 0 Å².